The summed E-state index contributed by atoms with van der Waals surface area (Å²) in [4.78, 5) is 2.39. The monoisotopic (exact) mass is 181 g/mol. The first kappa shape index (κ1) is 8.72. The Morgan fingerprint density at radius 2 is 2.23 bits per heavy atom. The van der Waals surface area contributed by atoms with Gasteiger partial charge in [0.25, 0.3) is 0 Å². The predicted octanol–water partition coefficient (Wildman–Crippen LogP) is 0.729. The Bertz CT molecular complexity index is 266. The molecule has 2 heterocycles. The van der Waals surface area contributed by atoms with Gasteiger partial charge in [0, 0.05) is 12.6 Å². The molecule has 1 aliphatic rings. The van der Waals surface area contributed by atoms with Crippen LogP contribution in [0.5, 0.6) is 0 Å². The Kier molecular flexibility index (Phi) is 2.61. The summed E-state index contributed by atoms with van der Waals surface area (Å²) in [6.07, 6.45) is 2.61. The first-order valence-electron chi connectivity index (χ1n) is 4.75. The quantitative estimate of drug-likeness (QED) is 0.746. The van der Waals surface area contributed by atoms with E-state index in [1.165, 1.54) is 25.9 Å². The lowest BCUT2D eigenvalue weighted by Gasteiger charge is -2.10. The van der Waals surface area contributed by atoms with Crippen molar-refractivity contribution in [1.82, 2.24) is 10.1 Å². The molecule has 0 spiro atoms. The van der Waals surface area contributed by atoms with E-state index in [1.54, 1.807) is 0 Å². The molecule has 4 heteroatoms. The van der Waals surface area contributed by atoms with Crippen molar-refractivity contribution in [3.05, 3.63) is 17.5 Å². The smallest absolute Gasteiger partial charge is 0.150 e. The molecule has 1 saturated heterocycles. The third-order valence-electron chi connectivity index (χ3n) is 2.39. The van der Waals surface area contributed by atoms with Crippen molar-refractivity contribution in [3.8, 4) is 0 Å². The van der Waals surface area contributed by atoms with Crippen molar-refractivity contribution < 1.29 is 4.52 Å². The molecule has 0 aliphatic carbocycles. The van der Waals surface area contributed by atoms with Gasteiger partial charge in [-0.3, -0.25) is 4.90 Å². The molecule has 2 N–H and O–H groups in total. The third kappa shape index (κ3) is 2.08. The maximum absolute atomic E-state index is 5.42. The molecule has 4 nitrogen and oxygen atoms in total. The summed E-state index contributed by atoms with van der Waals surface area (Å²) < 4.78 is 5.02. The second kappa shape index (κ2) is 3.89. The summed E-state index contributed by atoms with van der Waals surface area (Å²) in [6, 6.07) is 1.94. The number of hydrogen-bond acceptors (Lipinski definition) is 4. The first-order valence-corrected chi connectivity index (χ1v) is 4.75. The van der Waals surface area contributed by atoms with Gasteiger partial charge in [-0.2, -0.15) is 0 Å². The number of nitrogens with two attached hydrogens (primary N) is 1. The molecule has 13 heavy (non-hydrogen) atoms. The van der Waals surface area contributed by atoms with Gasteiger partial charge >= 0.3 is 0 Å². The van der Waals surface area contributed by atoms with Crippen LogP contribution in [0.3, 0.4) is 0 Å². The lowest BCUT2D eigenvalue weighted by molar-refractivity contribution is 0.310. The van der Waals surface area contributed by atoms with Gasteiger partial charge in [-0.15, -0.1) is 0 Å². The van der Waals surface area contributed by atoms with Gasteiger partial charge in [-0.05, 0) is 25.9 Å². The molecule has 1 aromatic heterocycles. The summed E-state index contributed by atoms with van der Waals surface area (Å²) >= 11 is 0. The van der Waals surface area contributed by atoms with E-state index in [0.717, 1.165) is 18.0 Å². The van der Waals surface area contributed by atoms with E-state index in [0.29, 0.717) is 6.54 Å². The molecule has 1 aliphatic heterocycles. The van der Waals surface area contributed by atoms with E-state index in [4.69, 9.17) is 10.3 Å². The van der Waals surface area contributed by atoms with Crippen LogP contribution in [-0.4, -0.2) is 23.1 Å². The Labute approximate surface area is 77.7 Å². The lowest BCUT2D eigenvalue weighted by atomic mass is 10.3. The highest BCUT2D eigenvalue weighted by Gasteiger charge is 2.13. The van der Waals surface area contributed by atoms with Crippen LogP contribution < -0.4 is 5.73 Å². The highest BCUT2D eigenvalue weighted by atomic mass is 16.5. The fourth-order valence-corrected chi connectivity index (χ4v) is 1.70. The predicted molar refractivity (Wildman–Crippen MR) is 48.9 cm³/mol. The normalized spacial score (nSPS) is 18.2. The second-order valence-corrected chi connectivity index (χ2v) is 3.47. The molecule has 72 valence electrons. The van der Waals surface area contributed by atoms with Crippen molar-refractivity contribution in [2.75, 3.05) is 13.1 Å². The minimum absolute atomic E-state index is 0.438. The highest BCUT2D eigenvalue weighted by Crippen LogP contribution is 2.12. The second-order valence-electron chi connectivity index (χ2n) is 3.47. The average molecular weight is 181 g/mol. The molecule has 0 aromatic carbocycles. The summed E-state index contributed by atoms with van der Waals surface area (Å²) in [5.41, 5.74) is 6.43. The molecule has 0 bridgehead atoms. The van der Waals surface area contributed by atoms with E-state index in [-0.39, 0.29) is 0 Å². The number of nitrogens with zero attached hydrogens (tertiary/aromatic N) is 2. The number of likely N-dealkylation sites (tertiary alicyclic amines) is 1. The Hall–Kier alpha value is -0.870. The number of hydrogen-bond donors (Lipinski definition) is 1. The minimum Gasteiger partial charge on any atom is -0.360 e. The van der Waals surface area contributed by atoms with E-state index >= 15 is 0 Å². The summed E-state index contributed by atoms with van der Waals surface area (Å²) in [7, 11) is 0. The van der Waals surface area contributed by atoms with Crippen LogP contribution >= 0.6 is 0 Å². The SMILES string of the molecule is NCc1cc(CN2CCCC2)no1. The van der Waals surface area contributed by atoms with Gasteiger partial charge in [0.1, 0.15) is 0 Å². The molecular weight excluding hydrogens is 166 g/mol. The van der Waals surface area contributed by atoms with E-state index in [9.17, 15) is 0 Å². The lowest BCUT2D eigenvalue weighted by Crippen LogP contribution is -2.18. The Morgan fingerprint density at radius 1 is 1.46 bits per heavy atom. The third-order valence-corrected chi connectivity index (χ3v) is 2.39. The Balaban J connectivity index is 1.92. The fraction of sp³-hybridized carbons (Fsp3) is 0.667. The van der Waals surface area contributed by atoms with Crippen molar-refractivity contribution in [2.45, 2.75) is 25.9 Å². The standard InChI is InChI=1S/C9H15N3O/c10-6-9-5-8(11-13-9)7-12-3-1-2-4-12/h5H,1-4,6-7,10H2. The average Bonchev–Trinajstić information content (AvgIpc) is 2.76. The molecular formula is C9H15N3O. The first-order chi connectivity index (χ1) is 6.38. The van der Waals surface area contributed by atoms with Crippen LogP contribution in [0.4, 0.5) is 0 Å². The summed E-state index contributed by atoms with van der Waals surface area (Å²) in [5.74, 6) is 0.772. The van der Waals surface area contributed by atoms with Crippen LogP contribution in [-0.2, 0) is 13.1 Å². The van der Waals surface area contributed by atoms with Crippen LogP contribution in [0, 0.1) is 0 Å². The summed E-state index contributed by atoms with van der Waals surface area (Å²) in [6.45, 7) is 3.71. The van der Waals surface area contributed by atoms with Crippen LogP contribution in [0.2, 0.25) is 0 Å². The maximum Gasteiger partial charge on any atom is 0.150 e. The van der Waals surface area contributed by atoms with Gasteiger partial charge in [0.05, 0.1) is 12.2 Å². The van der Waals surface area contributed by atoms with E-state index < -0.39 is 0 Å². The van der Waals surface area contributed by atoms with Crippen molar-refractivity contribution in [1.29, 1.82) is 0 Å². The van der Waals surface area contributed by atoms with E-state index in [2.05, 4.69) is 10.1 Å². The molecule has 1 aromatic rings. The van der Waals surface area contributed by atoms with Gasteiger partial charge in [-0.1, -0.05) is 5.16 Å². The van der Waals surface area contributed by atoms with Gasteiger partial charge in [-0.25, -0.2) is 0 Å². The van der Waals surface area contributed by atoms with E-state index in [1.807, 2.05) is 6.07 Å². The highest BCUT2D eigenvalue weighted by molar-refractivity contribution is 5.04. The zero-order chi connectivity index (χ0) is 9.10. The van der Waals surface area contributed by atoms with Crippen molar-refractivity contribution in [2.24, 2.45) is 5.73 Å². The molecule has 0 amide bonds. The topological polar surface area (TPSA) is 55.3 Å². The van der Waals surface area contributed by atoms with Gasteiger partial charge in [0.15, 0.2) is 5.76 Å². The largest absolute Gasteiger partial charge is 0.360 e. The van der Waals surface area contributed by atoms with Gasteiger partial charge in [0.2, 0.25) is 0 Å². The number of aromatic nitrogens is 1. The minimum atomic E-state index is 0.438. The summed E-state index contributed by atoms with van der Waals surface area (Å²) in [5, 5.41) is 3.95. The molecule has 0 saturated carbocycles. The van der Waals surface area contributed by atoms with Crippen LogP contribution in [0.1, 0.15) is 24.3 Å². The number of rotatable bonds is 3. The van der Waals surface area contributed by atoms with Crippen molar-refractivity contribution in [3.63, 3.8) is 0 Å². The molecule has 0 atom stereocenters. The Morgan fingerprint density at radius 3 is 2.85 bits per heavy atom. The molecule has 1 fully saturated rings. The zero-order valence-corrected chi connectivity index (χ0v) is 7.70. The molecule has 0 unspecified atom stereocenters. The van der Waals surface area contributed by atoms with Crippen LogP contribution in [0.15, 0.2) is 10.6 Å². The molecule has 2 rings (SSSR count). The molecule has 0 radical (unpaired) electrons. The van der Waals surface area contributed by atoms with Gasteiger partial charge < -0.3 is 10.3 Å². The van der Waals surface area contributed by atoms with Crippen molar-refractivity contribution >= 4 is 0 Å². The fourth-order valence-electron chi connectivity index (χ4n) is 1.70. The zero-order valence-electron chi connectivity index (χ0n) is 7.70. The maximum atomic E-state index is 5.42. The van der Waals surface area contributed by atoms with Crippen LogP contribution in [0.25, 0.3) is 0 Å².